The van der Waals surface area contributed by atoms with Gasteiger partial charge in [-0.25, -0.2) is 27.8 Å². The van der Waals surface area contributed by atoms with Gasteiger partial charge in [0, 0.05) is 23.4 Å². The van der Waals surface area contributed by atoms with E-state index in [0.717, 1.165) is 16.0 Å². The van der Waals surface area contributed by atoms with Crippen LogP contribution in [-0.4, -0.2) is 41.0 Å². The minimum Gasteiger partial charge on any atom is -0.480 e. The molecule has 0 spiro atoms. The molecule has 186 valence electrons. The number of aliphatic carboxylic acids is 1. The van der Waals surface area contributed by atoms with Gasteiger partial charge < -0.3 is 10.4 Å². The van der Waals surface area contributed by atoms with Crippen molar-refractivity contribution in [3.63, 3.8) is 0 Å². The highest BCUT2D eigenvalue weighted by Crippen LogP contribution is 2.39. The Balaban J connectivity index is 1.72. The lowest BCUT2D eigenvalue weighted by Crippen LogP contribution is -2.14. The summed E-state index contributed by atoms with van der Waals surface area (Å²) >= 11 is 1.44. The Labute approximate surface area is 211 Å². The molecule has 0 aliphatic rings. The third kappa shape index (κ3) is 5.83. The van der Waals surface area contributed by atoms with Crippen molar-refractivity contribution in [1.29, 1.82) is 0 Å². The fourth-order valence-corrected chi connectivity index (χ4v) is 5.40. The van der Waals surface area contributed by atoms with Gasteiger partial charge in [-0.2, -0.15) is 0 Å². The van der Waals surface area contributed by atoms with E-state index in [1.807, 2.05) is 13.8 Å². The first-order valence-corrected chi connectivity index (χ1v) is 13.1. The van der Waals surface area contributed by atoms with E-state index >= 15 is 0 Å². The molecule has 0 aliphatic carbocycles. The van der Waals surface area contributed by atoms with Crippen molar-refractivity contribution < 1.29 is 22.7 Å². The number of nitrogens with zero attached hydrogens (tertiary/aromatic N) is 3. The predicted octanol–water partition coefficient (Wildman–Crippen LogP) is 4.83. The van der Waals surface area contributed by atoms with Gasteiger partial charge in [-0.15, -0.1) is 11.3 Å². The number of anilines is 2. The van der Waals surface area contributed by atoms with Gasteiger partial charge in [0.05, 0.1) is 26.2 Å². The van der Waals surface area contributed by atoms with Crippen molar-refractivity contribution in [2.45, 2.75) is 24.7 Å². The van der Waals surface area contributed by atoms with E-state index in [1.165, 1.54) is 35.7 Å². The summed E-state index contributed by atoms with van der Waals surface area (Å²) in [4.78, 5) is 24.7. The number of halogens is 1. The van der Waals surface area contributed by atoms with Crippen molar-refractivity contribution in [2.24, 2.45) is 0 Å². The molecule has 0 aliphatic heterocycles. The zero-order valence-corrected chi connectivity index (χ0v) is 20.9. The van der Waals surface area contributed by atoms with E-state index < -0.39 is 21.8 Å². The summed E-state index contributed by atoms with van der Waals surface area (Å²) in [6, 6.07) is 13.2. The van der Waals surface area contributed by atoms with E-state index in [9.17, 15) is 17.6 Å². The summed E-state index contributed by atoms with van der Waals surface area (Å²) < 4.78 is 41.6. The highest BCUT2D eigenvalue weighted by molar-refractivity contribution is 7.92. The third-order valence-corrected chi connectivity index (χ3v) is 7.68. The Kier molecular flexibility index (Phi) is 7.27. The maximum absolute atomic E-state index is 13.6. The first-order chi connectivity index (χ1) is 17.1. The SMILES string of the molecule is CC(C)c1nc(-c2cccc(NS(=O)(=O)c3cccc(F)c3)c2)c(-c2ccnc(NCC(=O)O)n2)s1. The van der Waals surface area contributed by atoms with E-state index in [2.05, 4.69) is 20.0 Å². The number of thiazole rings is 1. The van der Waals surface area contributed by atoms with E-state index in [0.29, 0.717) is 17.0 Å². The topological polar surface area (TPSA) is 134 Å². The average Bonchev–Trinajstić information content (AvgIpc) is 3.29. The lowest BCUT2D eigenvalue weighted by Gasteiger charge is -2.10. The first-order valence-electron chi connectivity index (χ1n) is 10.8. The number of hydrogen-bond acceptors (Lipinski definition) is 8. The molecule has 4 aromatic rings. The quantitative estimate of drug-likeness (QED) is 0.282. The van der Waals surface area contributed by atoms with Crippen LogP contribution in [0.5, 0.6) is 0 Å². The first kappa shape index (κ1) is 25.2. The van der Waals surface area contributed by atoms with Crippen molar-refractivity contribution in [3.8, 4) is 21.8 Å². The molecule has 0 atom stereocenters. The molecule has 2 aromatic heterocycles. The number of sulfonamides is 1. The molecule has 0 unspecified atom stereocenters. The summed E-state index contributed by atoms with van der Waals surface area (Å²) in [7, 11) is -4.01. The molecular formula is C24H22FN5O4S2. The van der Waals surface area contributed by atoms with E-state index in [1.54, 1.807) is 30.3 Å². The van der Waals surface area contributed by atoms with Gasteiger partial charge in [0.2, 0.25) is 5.95 Å². The summed E-state index contributed by atoms with van der Waals surface area (Å²) in [6.07, 6.45) is 1.52. The molecule has 0 bridgehead atoms. The predicted molar refractivity (Wildman–Crippen MR) is 136 cm³/mol. The lowest BCUT2D eigenvalue weighted by atomic mass is 10.1. The number of carbonyl (C=O) groups is 1. The standard InChI is InChI=1S/C24H22FN5O4S2/c1-14(2)23-29-21(22(35-23)19-9-10-26-24(28-19)27-13-20(31)32)15-5-3-7-17(11-15)30-36(33,34)18-8-4-6-16(25)12-18/h3-12,14,30H,13H2,1-2H3,(H,31,32)(H,26,27,28). The maximum atomic E-state index is 13.6. The molecule has 0 fully saturated rings. The van der Waals surface area contributed by atoms with Crippen LogP contribution in [0.4, 0.5) is 16.0 Å². The van der Waals surface area contributed by atoms with Crippen molar-refractivity contribution >= 4 is 39.0 Å². The molecular weight excluding hydrogens is 505 g/mol. The zero-order valence-electron chi connectivity index (χ0n) is 19.3. The molecule has 4 rings (SSSR count). The number of rotatable bonds is 9. The van der Waals surface area contributed by atoms with E-state index in [-0.39, 0.29) is 29.0 Å². The summed E-state index contributed by atoms with van der Waals surface area (Å²) in [5.41, 5.74) is 2.07. The second kappa shape index (κ2) is 10.4. The molecule has 0 saturated carbocycles. The second-order valence-corrected chi connectivity index (χ2v) is 10.8. The van der Waals surface area contributed by atoms with Crippen molar-refractivity contribution in [3.05, 3.63) is 71.6 Å². The maximum Gasteiger partial charge on any atom is 0.322 e. The number of carboxylic acids is 1. The largest absolute Gasteiger partial charge is 0.480 e. The fourth-order valence-electron chi connectivity index (χ4n) is 3.26. The molecule has 2 aromatic carbocycles. The lowest BCUT2D eigenvalue weighted by molar-refractivity contribution is -0.134. The molecule has 2 heterocycles. The third-order valence-electron chi connectivity index (χ3n) is 4.92. The average molecular weight is 528 g/mol. The molecule has 3 N–H and O–H groups in total. The van der Waals surface area contributed by atoms with Gasteiger partial charge in [0.25, 0.3) is 10.0 Å². The number of hydrogen-bond donors (Lipinski definition) is 3. The van der Waals surface area contributed by atoms with Crippen LogP contribution in [0, 0.1) is 5.82 Å². The fraction of sp³-hybridized carbons (Fsp3) is 0.167. The van der Waals surface area contributed by atoms with Crippen molar-refractivity contribution in [2.75, 3.05) is 16.6 Å². The van der Waals surface area contributed by atoms with Crippen LogP contribution in [0.15, 0.2) is 65.7 Å². The molecule has 36 heavy (non-hydrogen) atoms. The molecule has 9 nitrogen and oxygen atoms in total. The van der Waals surface area contributed by atoms with Gasteiger partial charge >= 0.3 is 5.97 Å². The Hall–Kier alpha value is -3.90. The normalized spacial score (nSPS) is 11.4. The van der Waals surface area contributed by atoms with Crippen LogP contribution in [0.3, 0.4) is 0 Å². The minimum atomic E-state index is -4.01. The van der Waals surface area contributed by atoms with Gasteiger partial charge in [-0.05, 0) is 36.4 Å². The van der Waals surface area contributed by atoms with E-state index in [4.69, 9.17) is 10.1 Å². The molecule has 0 radical (unpaired) electrons. The number of aromatic nitrogens is 3. The summed E-state index contributed by atoms with van der Waals surface area (Å²) in [6.45, 7) is 3.69. The Bertz CT molecular complexity index is 1520. The van der Waals surface area contributed by atoms with Gasteiger partial charge in [-0.3, -0.25) is 9.52 Å². The minimum absolute atomic E-state index is 0.128. The van der Waals surface area contributed by atoms with Crippen LogP contribution < -0.4 is 10.0 Å². The zero-order chi connectivity index (χ0) is 25.9. The van der Waals surface area contributed by atoms with Crippen LogP contribution in [0.25, 0.3) is 21.8 Å². The highest BCUT2D eigenvalue weighted by atomic mass is 32.2. The number of benzene rings is 2. The van der Waals surface area contributed by atoms with Crippen molar-refractivity contribution in [1.82, 2.24) is 15.0 Å². The summed E-state index contributed by atoms with van der Waals surface area (Å²) in [5, 5.41) is 12.4. The second-order valence-electron chi connectivity index (χ2n) is 8.04. The number of nitrogens with one attached hydrogen (secondary N) is 2. The number of carboxylic acid groups (broad SMARTS) is 1. The van der Waals surface area contributed by atoms with Crippen LogP contribution in [0.2, 0.25) is 0 Å². The molecule has 0 saturated heterocycles. The Morgan fingerprint density at radius 3 is 2.61 bits per heavy atom. The van der Waals surface area contributed by atoms with Crippen LogP contribution >= 0.6 is 11.3 Å². The van der Waals surface area contributed by atoms with Gasteiger partial charge in [0.15, 0.2) is 0 Å². The molecule has 0 amide bonds. The van der Waals surface area contributed by atoms with Gasteiger partial charge in [-0.1, -0.05) is 32.0 Å². The summed E-state index contributed by atoms with van der Waals surface area (Å²) in [5.74, 6) is -1.40. The monoisotopic (exact) mass is 527 g/mol. The highest BCUT2D eigenvalue weighted by Gasteiger charge is 2.20. The molecule has 12 heteroatoms. The Morgan fingerprint density at radius 2 is 1.89 bits per heavy atom. The van der Waals surface area contributed by atoms with Gasteiger partial charge in [0.1, 0.15) is 12.4 Å². The van der Waals surface area contributed by atoms with Crippen LogP contribution in [0.1, 0.15) is 24.8 Å². The van der Waals surface area contributed by atoms with Crippen LogP contribution in [-0.2, 0) is 14.8 Å². The Morgan fingerprint density at radius 1 is 1.11 bits per heavy atom. The smallest absolute Gasteiger partial charge is 0.322 e.